The molecule has 1 fully saturated rings. The fourth-order valence-corrected chi connectivity index (χ4v) is 3.19. The predicted molar refractivity (Wildman–Crippen MR) is 82.6 cm³/mol. The Balaban J connectivity index is 2.56. The summed E-state index contributed by atoms with van der Waals surface area (Å²) in [6, 6.07) is 0.587. The van der Waals surface area contributed by atoms with Crippen molar-refractivity contribution in [2.24, 2.45) is 5.41 Å². The van der Waals surface area contributed by atoms with E-state index in [1.54, 1.807) is 7.11 Å². The zero-order chi connectivity index (χ0) is 14.1. The molecule has 0 heterocycles. The minimum absolute atomic E-state index is 0.475. The van der Waals surface area contributed by atoms with E-state index in [1.165, 1.54) is 51.6 Å². The number of hydrogen-bond donors (Lipinski definition) is 1. The molecule has 0 radical (unpaired) electrons. The number of nitrogens with one attached hydrogen (secondary N) is 1. The first-order chi connectivity index (χ1) is 9.08. The summed E-state index contributed by atoms with van der Waals surface area (Å²) in [6.45, 7) is 8.75. The van der Waals surface area contributed by atoms with E-state index >= 15 is 0 Å². The van der Waals surface area contributed by atoms with E-state index in [-0.39, 0.29) is 0 Å². The van der Waals surface area contributed by atoms with Crippen molar-refractivity contribution in [3.05, 3.63) is 0 Å². The van der Waals surface area contributed by atoms with Gasteiger partial charge in [0, 0.05) is 32.8 Å². The predicted octanol–water partition coefficient (Wildman–Crippen LogP) is 2.90. The fourth-order valence-electron chi connectivity index (χ4n) is 3.19. The highest BCUT2D eigenvalue weighted by molar-refractivity contribution is 4.87. The maximum absolute atomic E-state index is 5.20. The van der Waals surface area contributed by atoms with Gasteiger partial charge in [0.1, 0.15) is 0 Å². The topological polar surface area (TPSA) is 24.5 Å². The van der Waals surface area contributed by atoms with Crippen LogP contribution < -0.4 is 5.32 Å². The van der Waals surface area contributed by atoms with E-state index in [0.29, 0.717) is 11.5 Å². The Bertz CT molecular complexity index is 223. The van der Waals surface area contributed by atoms with Crippen LogP contribution in [0.25, 0.3) is 0 Å². The Morgan fingerprint density at radius 2 is 1.79 bits per heavy atom. The summed E-state index contributed by atoms with van der Waals surface area (Å²) in [5.74, 6) is 0. The maximum atomic E-state index is 5.20. The Morgan fingerprint density at radius 3 is 2.32 bits per heavy atom. The van der Waals surface area contributed by atoms with Gasteiger partial charge >= 0.3 is 0 Å². The summed E-state index contributed by atoms with van der Waals surface area (Å²) >= 11 is 0. The van der Waals surface area contributed by atoms with Crippen LogP contribution in [-0.2, 0) is 4.74 Å². The smallest absolute Gasteiger partial charge is 0.0589 e. The standard InChI is InChI=1S/C16H34N2O/c1-15(2)17-13-16(9-7-5-6-8-10-16)14-18(3)11-12-19-4/h15,17H,5-14H2,1-4H3. The summed E-state index contributed by atoms with van der Waals surface area (Å²) in [6.07, 6.45) is 8.40. The second kappa shape index (κ2) is 8.93. The zero-order valence-corrected chi connectivity index (χ0v) is 13.5. The Hall–Kier alpha value is -0.120. The van der Waals surface area contributed by atoms with E-state index in [4.69, 9.17) is 4.74 Å². The molecule has 0 atom stereocenters. The van der Waals surface area contributed by atoms with Crippen LogP contribution in [0.5, 0.6) is 0 Å². The number of rotatable bonds is 8. The van der Waals surface area contributed by atoms with Gasteiger partial charge in [0.15, 0.2) is 0 Å². The maximum Gasteiger partial charge on any atom is 0.0589 e. The molecular formula is C16H34N2O. The third-order valence-electron chi connectivity index (χ3n) is 4.33. The fraction of sp³-hybridized carbons (Fsp3) is 1.00. The van der Waals surface area contributed by atoms with E-state index in [2.05, 4.69) is 31.1 Å². The Kier molecular flexibility index (Phi) is 7.96. The first kappa shape index (κ1) is 16.9. The summed E-state index contributed by atoms with van der Waals surface area (Å²) in [5, 5.41) is 3.69. The second-order valence-corrected chi connectivity index (χ2v) is 6.68. The molecule has 3 heteroatoms. The van der Waals surface area contributed by atoms with Gasteiger partial charge in [0.25, 0.3) is 0 Å². The molecule has 0 amide bonds. The van der Waals surface area contributed by atoms with Crippen molar-refractivity contribution in [1.82, 2.24) is 10.2 Å². The Labute approximate surface area is 120 Å². The largest absolute Gasteiger partial charge is 0.383 e. The van der Waals surface area contributed by atoms with Gasteiger partial charge in [-0.25, -0.2) is 0 Å². The van der Waals surface area contributed by atoms with Crippen LogP contribution in [0.1, 0.15) is 52.4 Å². The normalized spacial score (nSPS) is 19.9. The van der Waals surface area contributed by atoms with E-state index in [9.17, 15) is 0 Å². The molecule has 1 saturated carbocycles. The van der Waals surface area contributed by atoms with Gasteiger partial charge in [0.2, 0.25) is 0 Å². The van der Waals surface area contributed by atoms with Crippen LogP contribution in [0, 0.1) is 5.41 Å². The highest BCUT2D eigenvalue weighted by Crippen LogP contribution is 2.35. The van der Waals surface area contributed by atoms with Gasteiger partial charge in [-0.15, -0.1) is 0 Å². The molecule has 19 heavy (non-hydrogen) atoms. The van der Waals surface area contributed by atoms with Crippen molar-refractivity contribution < 1.29 is 4.74 Å². The number of ether oxygens (including phenoxy) is 1. The molecule has 0 aliphatic heterocycles. The van der Waals surface area contributed by atoms with Gasteiger partial charge in [-0.05, 0) is 25.3 Å². The SMILES string of the molecule is COCCN(C)CC1(CNC(C)C)CCCCCC1. The number of likely N-dealkylation sites (N-methyl/N-ethyl adjacent to an activating group) is 1. The third kappa shape index (κ3) is 6.73. The second-order valence-electron chi connectivity index (χ2n) is 6.68. The monoisotopic (exact) mass is 270 g/mol. The summed E-state index contributed by atoms with van der Waals surface area (Å²) in [7, 11) is 4.02. The first-order valence-electron chi connectivity index (χ1n) is 7.99. The lowest BCUT2D eigenvalue weighted by molar-refractivity contribution is 0.109. The molecule has 114 valence electrons. The molecule has 1 rings (SSSR count). The van der Waals surface area contributed by atoms with Crippen molar-refractivity contribution in [3.63, 3.8) is 0 Å². The average molecular weight is 270 g/mol. The molecule has 3 nitrogen and oxygen atoms in total. The molecule has 0 aromatic carbocycles. The van der Waals surface area contributed by atoms with Gasteiger partial charge in [0.05, 0.1) is 6.61 Å². The van der Waals surface area contributed by atoms with Gasteiger partial charge < -0.3 is 15.0 Å². The van der Waals surface area contributed by atoms with E-state index < -0.39 is 0 Å². The minimum atomic E-state index is 0.475. The van der Waals surface area contributed by atoms with Crippen molar-refractivity contribution in [2.45, 2.75) is 58.4 Å². The van der Waals surface area contributed by atoms with E-state index in [1.807, 2.05) is 0 Å². The molecule has 0 bridgehead atoms. The summed E-state index contributed by atoms with van der Waals surface area (Å²) in [4.78, 5) is 2.46. The summed E-state index contributed by atoms with van der Waals surface area (Å²) < 4.78 is 5.20. The molecule has 1 N–H and O–H groups in total. The molecule has 0 spiro atoms. The van der Waals surface area contributed by atoms with Gasteiger partial charge in [-0.2, -0.15) is 0 Å². The molecule has 1 aliphatic carbocycles. The molecule has 0 saturated heterocycles. The molecule has 0 aromatic rings. The van der Waals surface area contributed by atoms with Crippen molar-refractivity contribution in [2.75, 3.05) is 40.4 Å². The van der Waals surface area contributed by atoms with Crippen LogP contribution in [0.4, 0.5) is 0 Å². The average Bonchev–Trinajstić information content (AvgIpc) is 2.60. The Morgan fingerprint density at radius 1 is 1.16 bits per heavy atom. The van der Waals surface area contributed by atoms with Crippen LogP contribution in [0.3, 0.4) is 0 Å². The number of hydrogen-bond acceptors (Lipinski definition) is 3. The highest BCUT2D eigenvalue weighted by Gasteiger charge is 2.31. The van der Waals surface area contributed by atoms with Crippen LogP contribution >= 0.6 is 0 Å². The third-order valence-corrected chi connectivity index (χ3v) is 4.33. The first-order valence-corrected chi connectivity index (χ1v) is 7.99. The molecule has 0 aromatic heterocycles. The molecule has 0 unspecified atom stereocenters. The molecule has 1 aliphatic rings. The molecular weight excluding hydrogens is 236 g/mol. The zero-order valence-electron chi connectivity index (χ0n) is 13.5. The number of methoxy groups -OCH3 is 1. The summed E-state index contributed by atoms with van der Waals surface area (Å²) in [5.41, 5.74) is 0.475. The van der Waals surface area contributed by atoms with Crippen molar-refractivity contribution >= 4 is 0 Å². The van der Waals surface area contributed by atoms with Gasteiger partial charge in [-0.1, -0.05) is 39.5 Å². The lowest BCUT2D eigenvalue weighted by Crippen LogP contribution is -2.45. The lowest BCUT2D eigenvalue weighted by atomic mass is 9.79. The lowest BCUT2D eigenvalue weighted by Gasteiger charge is -2.37. The number of nitrogens with zero attached hydrogens (tertiary/aromatic N) is 1. The van der Waals surface area contributed by atoms with Crippen molar-refractivity contribution in [3.8, 4) is 0 Å². The van der Waals surface area contributed by atoms with Crippen LogP contribution in [-0.4, -0.2) is 51.3 Å². The van der Waals surface area contributed by atoms with Crippen LogP contribution in [0.2, 0.25) is 0 Å². The van der Waals surface area contributed by atoms with Crippen molar-refractivity contribution in [1.29, 1.82) is 0 Å². The van der Waals surface area contributed by atoms with Crippen LogP contribution in [0.15, 0.2) is 0 Å². The minimum Gasteiger partial charge on any atom is -0.383 e. The quantitative estimate of drug-likeness (QED) is 0.686. The van der Waals surface area contributed by atoms with E-state index in [0.717, 1.165) is 13.2 Å². The highest BCUT2D eigenvalue weighted by atomic mass is 16.5. The van der Waals surface area contributed by atoms with Gasteiger partial charge in [-0.3, -0.25) is 0 Å².